The normalized spacial score (nSPS) is 16.7. The first-order valence-electron chi connectivity index (χ1n) is 3.31. The van der Waals surface area contributed by atoms with Gasteiger partial charge in [-0.05, 0) is 6.92 Å². The Morgan fingerprint density at radius 2 is 2.30 bits per heavy atom. The van der Waals surface area contributed by atoms with Crippen molar-refractivity contribution in [1.29, 1.82) is 0 Å². The first-order valence-corrected chi connectivity index (χ1v) is 5.04. The molecule has 0 spiro atoms. The lowest BCUT2D eigenvalue weighted by atomic mass is 10.4. The summed E-state index contributed by atoms with van der Waals surface area (Å²) in [4.78, 5) is 0. The monoisotopic (exact) mass is 165 g/mol. The van der Waals surface area contributed by atoms with Crippen molar-refractivity contribution in [3.05, 3.63) is 0 Å². The molecule has 0 bridgehead atoms. The van der Waals surface area contributed by atoms with E-state index in [0.29, 0.717) is 18.8 Å². The van der Waals surface area contributed by atoms with E-state index in [1.165, 1.54) is 0 Å². The van der Waals surface area contributed by atoms with E-state index in [1.54, 1.807) is 13.2 Å². The van der Waals surface area contributed by atoms with E-state index in [1.807, 2.05) is 0 Å². The number of aliphatic hydroxyl groups is 1. The van der Waals surface area contributed by atoms with Gasteiger partial charge in [-0.1, -0.05) is 0 Å². The van der Waals surface area contributed by atoms with Gasteiger partial charge in [0.1, 0.15) is 0 Å². The average Bonchev–Trinajstić information content (AvgIpc) is 1.79. The van der Waals surface area contributed by atoms with E-state index in [4.69, 9.17) is 5.11 Å². The number of aliphatic hydroxyl groups excluding tert-OH is 1. The van der Waals surface area contributed by atoms with Crippen molar-refractivity contribution in [2.24, 2.45) is 0 Å². The van der Waals surface area contributed by atoms with Crippen molar-refractivity contribution < 1.29 is 9.32 Å². The minimum atomic E-state index is -0.724. The van der Waals surface area contributed by atoms with Crippen LogP contribution < -0.4 is 5.32 Å². The molecule has 0 rings (SSSR count). The second kappa shape index (κ2) is 5.82. The highest BCUT2D eigenvalue weighted by Crippen LogP contribution is 1.75. The maximum absolute atomic E-state index is 10.5. The minimum Gasteiger partial charge on any atom is -0.392 e. The molecular formula is C6H15NO2S. The SMILES string of the molecule is C[C@H](O)CNCCS(C)=O. The molecule has 0 fully saturated rings. The smallest absolute Gasteiger partial charge is 0.0636 e. The highest BCUT2D eigenvalue weighted by molar-refractivity contribution is 7.84. The molecule has 0 saturated carbocycles. The molecule has 62 valence electrons. The van der Waals surface area contributed by atoms with Gasteiger partial charge in [-0.15, -0.1) is 0 Å². The van der Waals surface area contributed by atoms with E-state index in [9.17, 15) is 4.21 Å². The van der Waals surface area contributed by atoms with Crippen LogP contribution in [0.2, 0.25) is 0 Å². The number of hydrogen-bond donors (Lipinski definition) is 2. The zero-order chi connectivity index (χ0) is 7.98. The summed E-state index contributed by atoms with van der Waals surface area (Å²) in [5.74, 6) is 0.659. The Kier molecular flexibility index (Phi) is 5.87. The molecule has 0 amide bonds. The van der Waals surface area contributed by atoms with E-state index in [2.05, 4.69) is 5.32 Å². The standard InChI is InChI=1S/C6H15NO2S/c1-6(8)5-7-3-4-10(2)9/h6-8H,3-5H2,1-2H3/t6-,10?/m0/s1. The Hall–Kier alpha value is 0.0700. The highest BCUT2D eigenvalue weighted by atomic mass is 32.2. The third-order valence-electron chi connectivity index (χ3n) is 1.01. The molecule has 0 saturated heterocycles. The van der Waals surface area contributed by atoms with Crippen LogP contribution in [0.25, 0.3) is 0 Å². The third kappa shape index (κ3) is 8.07. The molecule has 4 heteroatoms. The van der Waals surface area contributed by atoms with Crippen molar-refractivity contribution in [2.75, 3.05) is 25.1 Å². The molecule has 0 aliphatic heterocycles. The molecule has 1 unspecified atom stereocenters. The van der Waals surface area contributed by atoms with E-state index in [0.717, 1.165) is 0 Å². The van der Waals surface area contributed by atoms with Crippen molar-refractivity contribution in [1.82, 2.24) is 5.32 Å². The molecule has 0 aliphatic rings. The molecule has 0 radical (unpaired) electrons. The average molecular weight is 165 g/mol. The highest BCUT2D eigenvalue weighted by Gasteiger charge is 1.94. The van der Waals surface area contributed by atoms with E-state index in [-0.39, 0.29) is 6.10 Å². The van der Waals surface area contributed by atoms with Gasteiger partial charge in [0.05, 0.1) is 6.10 Å². The minimum absolute atomic E-state index is 0.315. The van der Waals surface area contributed by atoms with Crippen LogP contribution in [0, 0.1) is 0 Å². The molecule has 3 nitrogen and oxygen atoms in total. The predicted molar refractivity (Wildman–Crippen MR) is 43.5 cm³/mol. The number of rotatable bonds is 5. The van der Waals surface area contributed by atoms with Crippen LogP contribution in [-0.2, 0) is 10.8 Å². The lowest BCUT2D eigenvalue weighted by Crippen LogP contribution is -2.27. The molecule has 0 aromatic heterocycles. The summed E-state index contributed by atoms with van der Waals surface area (Å²) in [6.07, 6.45) is 1.36. The van der Waals surface area contributed by atoms with Gasteiger partial charge in [-0.2, -0.15) is 0 Å². The third-order valence-corrected chi connectivity index (χ3v) is 1.79. The molecule has 2 N–H and O–H groups in total. The fourth-order valence-corrected chi connectivity index (χ4v) is 0.959. The number of hydrogen-bond acceptors (Lipinski definition) is 3. The van der Waals surface area contributed by atoms with Crippen LogP contribution in [0.5, 0.6) is 0 Å². The van der Waals surface area contributed by atoms with Crippen molar-refractivity contribution >= 4 is 10.8 Å². The Balaban J connectivity index is 2.98. The van der Waals surface area contributed by atoms with Gasteiger partial charge >= 0.3 is 0 Å². The first-order chi connectivity index (χ1) is 4.63. The van der Waals surface area contributed by atoms with Gasteiger partial charge < -0.3 is 10.4 Å². The molecule has 10 heavy (non-hydrogen) atoms. The molecule has 0 aromatic carbocycles. The molecular weight excluding hydrogens is 150 g/mol. The summed E-state index contributed by atoms with van der Waals surface area (Å²) in [6, 6.07) is 0. The van der Waals surface area contributed by atoms with Gasteiger partial charge in [0, 0.05) is 35.9 Å². The zero-order valence-electron chi connectivity index (χ0n) is 6.46. The molecule has 0 aliphatic carbocycles. The quantitative estimate of drug-likeness (QED) is 0.531. The summed E-state index contributed by atoms with van der Waals surface area (Å²) in [6.45, 7) is 3.02. The van der Waals surface area contributed by atoms with E-state index >= 15 is 0 Å². The molecule has 0 aromatic rings. The first kappa shape index (κ1) is 10.1. The van der Waals surface area contributed by atoms with Crippen molar-refractivity contribution in [3.8, 4) is 0 Å². The van der Waals surface area contributed by atoms with Gasteiger partial charge in [-0.3, -0.25) is 4.21 Å². The Labute approximate surface area is 64.3 Å². The summed E-state index contributed by atoms with van der Waals surface area (Å²) < 4.78 is 10.5. The van der Waals surface area contributed by atoms with E-state index < -0.39 is 10.8 Å². The lowest BCUT2D eigenvalue weighted by molar-refractivity contribution is 0.192. The fraction of sp³-hybridized carbons (Fsp3) is 1.00. The fourth-order valence-electron chi connectivity index (χ4n) is 0.527. The zero-order valence-corrected chi connectivity index (χ0v) is 7.28. The Morgan fingerprint density at radius 1 is 1.70 bits per heavy atom. The van der Waals surface area contributed by atoms with Crippen LogP contribution in [0.3, 0.4) is 0 Å². The summed E-state index contributed by atoms with van der Waals surface area (Å²) in [5.41, 5.74) is 0. The van der Waals surface area contributed by atoms with Crippen LogP contribution in [0.1, 0.15) is 6.92 Å². The van der Waals surface area contributed by atoms with Crippen LogP contribution in [0.4, 0.5) is 0 Å². The maximum Gasteiger partial charge on any atom is 0.0636 e. The number of nitrogens with one attached hydrogen (secondary N) is 1. The van der Waals surface area contributed by atoms with Crippen molar-refractivity contribution in [3.63, 3.8) is 0 Å². The summed E-state index contributed by atoms with van der Waals surface area (Å²) in [7, 11) is -0.724. The van der Waals surface area contributed by atoms with Gasteiger partial charge in [0.25, 0.3) is 0 Å². The topological polar surface area (TPSA) is 49.3 Å². The molecule has 0 heterocycles. The second-order valence-corrected chi connectivity index (χ2v) is 3.89. The van der Waals surface area contributed by atoms with Crippen LogP contribution >= 0.6 is 0 Å². The Bertz CT molecular complexity index is 106. The summed E-state index contributed by atoms with van der Waals surface area (Å²) >= 11 is 0. The maximum atomic E-state index is 10.5. The van der Waals surface area contributed by atoms with Gasteiger partial charge in [-0.25, -0.2) is 0 Å². The van der Waals surface area contributed by atoms with Crippen LogP contribution in [-0.4, -0.2) is 40.5 Å². The molecule has 2 atom stereocenters. The van der Waals surface area contributed by atoms with Crippen molar-refractivity contribution in [2.45, 2.75) is 13.0 Å². The second-order valence-electron chi connectivity index (χ2n) is 2.33. The predicted octanol–water partition coefficient (Wildman–Crippen LogP) is -0.665. The lowest BCUT2D eigenvalue weighted by Gasteiger charge is -2.04. The van der Waals surface area contributed by atoms with Gasteiger partial charge in [0.15, 0.2) is 0 Å². The van der Waals surface area contributed by atoms with Gasteiger partial charge in [0.2, 0.25) is 0 Å². The summed E-state index contributed by atoms with van der Waals surface area (Å²) in [5, 5.41) is 11.8. The Morgan fingerprint density at radius 3 is 2.70 bits per heavy atom. The van der Waals surface area contributed by atoms with Crippen LogP contribution in [0.15, 0.2) is 0 Å². The largest absolute Gasteiger partial charge is 0.392 e.